The highest BCUT2D eigenvalue weighted by Gasteiger charge is 2.40. The SMILES string of the molecule is CC(C)c1ccc2c(c1)oc1c3c(cc(N(c4cccc5ccccc45)c4ccc(-c5cccc6ccccc56)c5ccccc45)c12)C(=O)C(=O)c1ccc2oc4c(N(c5ccc6c(c5)-c5ccccc5C6(C)C)c5cccc6c(-c7ccccc7)cccc56)cccc4c2c1-3. The van der Waals surface area contributed by atoms with Gasteiger partial charge in [0, 0.05) is 65.7 Å². The fraction of sp³-hybridized carbons (Fsp3) is 0.0667. The molecular formula is C90H60N2O4. The number of furan rings is 2. The van der Waals surface area contributed by atoms with Crippen molar-refractivity contribution in [2.45, 2.75) is 39.0 Å². The second-order valence-electron chi connectivity index (χ2n) is 26.6. The first-order chi connectivity index (χ1) is 47.1. The van der Waals surface area contributed by atoms with Gasteiger partial charge in [-0.2, -0.15) is 0 Å². The predicted molar refractivity (Wildman–Crippen MR) is 397 cm³/mol. The molecule has 2 heterocycles. The van der Waals surface area contributed by atoms with Gasteiger partial charge in [-0.05, 0) is 144 Å². The van der Waals surface area contributed by atoms with E-state index in [1.54, 1.807) is 6.07 Å². The van der Waals surface area contributed by atoms with Crippen molar-refractivity contribution in [3.63, 3.8) is 0 Å². The number of carbonyl (C=O) groups is 2. The van der Waals surface area contributed by atoms with E-state index in [4.69, 9.17) is 8.83 Å². The summed E-state index contributed by atoms with van der Waals surface area (Å²) in [5.41, 5.74) is 19.7. The van der Waals surface area contributed by atoms with E-state index in [9.17, 15) is 0 Å². The molecule has 0 unspecified atom stereocenters. The minimum atomic E-state index is -0.607. The van der Waals surface area contributed by atoms with E-state index in [-0.39, 0.29) is 16.9 Å². The Labute approximate surface area is 554 Å². The zero-order chi connectivity index (χ0) is 64.2. The van der Waals surface area contributed by atoms with E-state index in [0.29, 0.717) is 44.7 Å². The molecule has 0 saturated carbocycles. The van der Waals surface area contributed by atoms with E-state index >= 15 is 9.59 Å². The summed E-state index contributed by atoms with van der Waals surface area (Å²) in [5, 5.41) is 11.9. The van der Waals surface area contributed by atoms with Crippen LogP contribution in [0, 0.1) is 0 Å². The van der Waals surface area contributed by atoms with Crippen LogP contribution in [-0.4, -0.2) is 11.6 Å². The lowest BCUT2D eigenvalue weighted by Gasteiger charge is -2.31. The number of benzene rings is 15. The maximum Gasteiger partial charge on any atom is 0.234 e. The molecule has 2 aliphatic rings. The van der Waals surface area contributed by atoms with Crippen LogP contribution >= 0.6 is 0 Å². The summed E-state index contributed by atoms with van der Waals surface area (Å²) >= 11 is 0. The lowest BCUT2D eigenvalue weighted by atomic mass is 9.80. The van der Waals surface area contributed by atoms with Crippen molar-refractivity contribution in [3.05, 3.63) is 313 Å². The molecule has 0 aliphatic heterocycles. The van der Waals surface area contributed by atoms with Gasteiger partial charge in [0.05, 0.1) is 33.8 Å². The van der Waals surface area contributed by atoms with Gasteiger partial charge in [-0.25, -0.2) is 0 Å². The van der Waals surface area contributed by atoms with Crippen molar-refractivity contribution in [3.8, 4) is 44.5 Å². The van der Waals surface area contributed by atoms with E-state index < -0.39 is 11.6 Å². The van der Waals surface area contributed by atoms with Crippen LogP contribution in [0.25, 0.3) is 131 Å². The van der Waals surface area contributed by atoms with Crippen LogP contribution < -0.4 is 9.80 Å². The molecule has 6 nitrogen and oxygen atoms in total. The summed E-state index contributed by atoms with van der Waals surface area (Å²) in [6, 6.07) is 101. The van der Waals surface area contributed by atoms with E-state index in [0.717, 1.165) is 116 Å². The average Bonchev–Trinajstić information content (AvgIpc) is 1.36. The first kappa shape index (κ1) is 55.5. The zero-order valence-corrected chi connectivity index (χ0v) is 53.2. The molecule has 19 rings (SSSR count). The maximum absolute atomic E-state index is 15.7. The van der Waals surface area contributed by atoms with Crippen LogP contribution in [0.2, 0.25) is 0 Å². The summed E-state index contributed by atoms with van der Waals surface area (Å²) in [4.78, 5) is 35.9. The largest absolute Gasteiger partial charge is 0.455 e. The van der Waals surface area contributed by atoms with Gasteiger partial charge in [0.25, 0.3) is 0 Å². The minimum absolute atomic E-state index is 0.194. The van der Waals surface area contributed by atoms with Crippen molar-refractivity contribution < 1.29 is 18.4 Å². The Morgan fingerprint density at radius 1 is 0.323 bits per heavy atom. The van der Waals surface area contributed by atoms with Gasteiger partial charge < -0.3 is 18.6 Å². The Morgan fingerprint density at radius 3 is 1.69 bits per heavy atom. The topological polar surface area (TPSA) is 66.9 Å². The molecule has 454 valence electrons. The smallest absolute Gasteiger partial charge is 0.234 e. The fourth-order valence-corrected chi connectivity index (χ4v) is 16.2. The number of ketones is 2. The van der Waals surface area contributed by atoms with Gasteiger partial charge >= 0.3 is 0 Å². The molecule has 17 aromatic rings. The molecular weight excluding hydrogens is 1170 g/mol. The molecule has 0 radical (unpaired) electrons. The average molecular weight is 1230 g/mol. The van der Waals surface area contributed by atoms with Crippen LogP contribution in [-0.2, 0) is 5.41 Å². The number of Topliss-reactive ketones (excluding diaryl/α,β-unsaturated/α-hetero) is 2. The maximum atomic E-state index is 15.7. The first-order valence-electron chi connectivity index (χ1n) is 33.1. The normalized spacial score (nSPS) is 13.2. The standard InChI is InChI=1S/C90H60N2O4/c1-52(2)56-41-43-68-81(49-56)96-89-82(68)79(92(75-38-17-26-55-24-9-11-28-60(55)75)77-47-44-64(63-29-12-13-31-66(63)77)61-33-16-25-54-23-8-10-27-58(54)61)51-72-85(89)84-69(86(93)87(72)94)45-48-80-83(84)70-36-20-40-78(88(70)95-80)91(57-42-46-74-71(50-57)65-30-14-15-37-73(65)90(74,3)4)76-39-19-34-62-59(32-18-35-67(62)76)53-21-6-5-7-22-53/h5-52H,1-4H3. The van der Waals surface area contributed by atoms with E-state index in [1.165, 1.54) is 27.6 Å². The Balaban J connectivity index is 0.889. The number of carbonyl (C=O) groups excluding carboxylic acids is 2. The number of rotatable bonds is 9. The second-order valence-corrected chi connectivity index (χ2v) is 26.6. The predicted octanol–water partition coefficient (Wildman–Crippen LogP) is 24.8. The molecule has 6 heteroatoms. The van der Waals surface area contributed by atoms with Crippen LogP contribution in [0.15, 0.2) is 294 Å². The molecule has 0 atom stereocenters. The third kappa shape index (κ3) is 8.05. The molecule has 96 heavy (non-hydrogen) atoms. The summed E-state index contributed by atoms with van der Waals surface area (Å²) in [6.45, 7) is 9.01. The molecule has 2 aromatic heterocycles. The lowest BCUT2D eigenvalue weighted by molar-refractivity contribution is 0.0815. The molecule has 0 spiro atoms. The molecule has 0 fully saturated rings. The van der Waals surface area contributed by atoms with Crippen LogP contribution in [0.4, 0.5) is 34.1 Å². The molecule has 2 aliphatic carbocycles. The van der Waals surface area contributed by atoms with Gasteiger partial charge in [-0.1, -0.05) is 252 Å². The first-order valence-corrected chi connectivity index (χ1v) is 33.1. The summed E-state index contributed by atoms with van der Waals surface area (Å²) in [5.74, 6) is -1.01. The number of fused-ring (bicyclic) bond motifs is 18. The molecule has 15 aromatic carbocycles. The van der Waals surface area contributed by atoms with E-state index in [2.05, 4.69) is 304 Å². The van der Waals surface area contributed by atoms with E-state index in [1.807, 2.05) is 12.1 Å². The highest BCUT2D eigenvalue weighted by atomic mass is 16.3. The van der Waals surface area contributed by atoms with Gasteiger partial charge in [0.15, 0.2) is 5.58 Å². The number of anilines is 6. The van der Waals surface area contributed by atoms with Crippen LogP contribution in [0.5, 0.6) is 0 Å². The Bertz CT molecular complexity index is 6210. The van der Waals surface area contributed by atoms with Gasteiger partial charge in [-0.3, -0.25) is 9.59 Å². The second kappa shape index (κ2) is 20.9. The van der Waals surface area contributed by atoms with Crippen molar-refractivity contribution in [1.82, 2.24) is 0 Å². The summed E-state index contributed by atoms with van der Waals surface area (Å²) in [7, 11) is 0. The van der Waals surface area contributed by atoms with Crippen molar-refractivity contribution >= 4 is 133 Å². The number of hydrogen-bond acceptors (Lipinski definition) is 6. The third-order valence-corrected chi connectivity index (χ3v) is 20.8. The lowest BCUT2D eigenvalue weighted by Crippen LogP contribution is -2.22. The summed E-state index contributed by atoms with van der Waals surface area (Å²) < 4.78 is 14.9. The Morgan fingerprint density at radius 2 is 0.875 bits per heavy atom. The van der Waals surface area contributed by atoms with Crippen LogP contribution in [0.1, 0.15) is 71.0 Å². The van der Waals surface area contributed by atoms with Gasteiger partial charge in [0.1, 0.15) is 16.7 Å². The number of para-hydroxylation sites is 1. The molecule has 0 saturated heterocycles. The van der Waals surface area contributed by atoms with Crippen LogP contribution in [0.3, 0.4) is 0 Å². The Hall–Kier alpha value is -12.1. The minimum Gasteiger partial charge on any atom is -0.455 e. The molecule has 0 amide bonds. The van der Waals surface area contributed by atoms with Crippen molar-refractivity contribution in [1.29, 1.82) is 0 Å². The molecule has 0 bridgehead atoms. The monoisotopic (exact) mass is 1230 g/mol. The van der Waals surface area contributed by atoms with Crippen molar-refractivity contribution in [2.24, 2.45) is 0 Å². The Kier molecular flexibility index (Phi) is 12.1. The highest BCUT2D eigenvalue weighted by molar-refractivity contribution is 6.55. The molecule has 0 N–H and O–H groups in total. The summed E-state index contributed by atoms with van der Waals surface area (Å²) in [6.07, 6.45) is 0. The zero-order valence-electron chi connectivity index (χ0n) is 53.2. The number of hydrogen-bond donors (Lipinski definition) is 0. The highest BCUT2D eigenvalue weighted by Crippen LogP contribution is 2.57. The van der Waals surface area contributed by atoms with Gasteiger partial charge in [-0.15, -0.1) is 0 Å². The van der Waals surface area contributed by atoms with Gasteiger partial charge in [0.2, 0.25) is 11.6 Å². The number of nitrogens with zero attached hydrogens (tertiary/aromatic N) is 2. The quantitative estimate of drug-likeness (QED) is 0.134. The van der Waals surface area contributed by atoms with Crippen molar-refractivity contribution in [2.75, 3.05) is 9.80 Å². The third-order valence-electron chi connectivity index (χ3n) is 20.8. The fourth-order valence-electron chi connectivity index (χ4n) is 16.2.